The Morgan fingerprint density at radius 1 is 1.20 bits per heavy atom. The van der Waals surface area contributed by atoms with Crippen molar-refractivity contribution >= 4 is 55.6 Å². The summed E-state index contributed by atoms with van der Waals surface area (Å²) < 4.78 is 24.3. The highest BCUT2D eigenvalue weighted by atomic mass is 35.5. The first kappa shape index (κ1) is 21.2. The number of sulfone groups is 1. The number of amidine groups is 1. The fraction of sp³-hybridized carbons (Fsp3) is 0.333. The van der Waals surface area contributed by atoms with Crippen LogP contribution in [0.15, 0.2) is 47.5 Å². The Kier molecular flexibility index (Phi) is 5.83. The molecular weight excluding hydrogens is 442 g/mol. The highest BCUT2D eigenvalue weighted by Gasteiger charge is 2.47. The smallest absolute Gasteiger partial charge is 0.234 e. The van der Waals surface area contributed by atoms with E-state index in [9.17, 15) is 13.2 Å². The van der Waals surface area contributed by atoms with E-state index in [1.54, 1.807) is 24.3 Å². The van der Waals surface area contributed by atoms with E-state index in [1.165, 1.54) is 17.3 Å². The number of nitrogens with zero attached hydrogens (tertiary/aromatic N) is 2. The molecule has 0 spiro atoms. The molecule has 2 aliphatic rings. The third-order valence-electron chi connectivity index (χ3n) is 5.32. The maximum atomic E-state index is 12.4. The van der Waals surface area contributed by atoms with Gasteiger partial charge in [-0.25, -0.2) is 8.42 Å². The Labute approximate surface area is 185 Å². The normalized spacial score (nSPS) is 22.0. The number of fused-ring (bicyclic) bond motifs is 1. The molecule has 1 N–H and O–H groups in total. The lowest BCUT2D eigenvalue weighted by Gasteiger charge is -2.27. The molecule has 0 saturated carbocycles. The number of anilines is 2. The Morgan fingerprint density at radius 2 is 2.00 bits per heavy atom. The van der Waals surface area contributed by atoms with E-state index >= 15 is 0 Å². The van der Waals surface area contributed by atoms with Crippen LogP contribution in [0.1, 0.15) is 11.1 Å². The van der Waals surface area contributed by atoms with Crippen molar-refractivity contribution in [1.82, 2.24) is 0 Å². The minimum absolute atomic E-state index is 0.0534. The van der Waals surface area contributed by atoms with E-state index in [2.05, 4.69) is 10.3 Å². The number of amides is 1. The summed E-state index contributed by atoms with van der Waals surface area (Å²) in [7, 11) is -3.11. The van der Waals surface area contributed by atoms with E-state index in [-0.39, 0.29) is 35.2 Å². The van der Waals surface area contributed by atoms with Gasteiger partial charge in [-0.15, -0.1) is 0 Å². The van der Waals surface area contributed by atoms with Gasteiger partial charge in [-0.2, -0.15) is 0 Å². The molecule has 0 aromatic heterocycles. The second-order valence-electron chi connectivity index (χ2n) is 7.61. The summed E-state index contributed by atoms with van der Waals surface area (Å²) in [5, 5.41) is 4.06. The monoisotopic (exact) mass is 463 g/mol. The Hall–Kier alpha value is -2.03. The number of benzene rings is 2. The number of carbonyl (C=O) groups is 1. The van der Waals surface area contributed by atoms with Crippen molar-refractivity contribution < 1.29 is 13.2 Å². The van der Waals surface area contributed by atoms with Crippen molar-refractivity contribution in [3.05, 3.63) is 58.6 Å². The van der Waals surface area contributed by atoms with Crippen LogP contribution in [-0.2, 0) is 14.6 Å². The summed E-state index contributed by atoms with van der Waals surface area (Å²) in [5.74, 6) is 0.124. The van der Waals surface area contributed by atoms with Crippen LogP contribution in [0, 0.1) is 13.8 Å². The highest BCUT2D eigenvalue weighted by molar-refractivity contribution is 8.14. The number of hydrogen-bond acceptors (Lipinski definition) is 6. The van der Waals surface area contributed by atoms with E-state index in [0.717, 1.165) is 11.3 Å². The number of rotatable bonds is 4. The van der Waals surface area contributed by atoms with Crippen LogP contribution >= 0.6 is 23.4 Å². The maximum Gasteiger partial charge on any atom is 0.234 e. The zero-order chi connectivity index (χ0) is 21.5. The highest BCUT2D eigenvalue weighted by Crippen LogP contribution is 2.35. The lowest BCUT2D eigenvalue weighted by molar-refractivity contribution is -0.113. The molecule has 2 heterocycles. The van der Waals surface area contributed by atoms with E-state index in [4.69, 9.17) is 11.6 Å². The van der Waals surface area contributed by atoms with Gasteiger partial charge in [0.05, 0.1) is 29.3 Å². The molecule has 2 aliphatic heterocycles. The summed E-state index contributed by atoms with van der Waals surface area (Å²) >= 11 is 7.29. The topological polar surface area (TPSA) is 78.8 Å². The molecule has 0 radical (unpaired) electrons. The molecule has 0 bridgehead atoms. The predicted molar refractivity (Wildman–Crippen MR) is 125 cm³/mol. The fourth-order valence-corrected chi connectivity index (χ4v) is 6.66. The van der Waals surface area contributed by atoms with Crippen LogP contribution in [0.2, 0.25) is 5.02 Å². The molecule has 2 aromatic carbocycles. The quantitative estimate of drug-likeness (QED) is 0.748. The lowest BCUT2D eigenvalue weighted by atomic mass is 10.1. The van der Waals surface area contributed by atoms with Crippen LogP contribution in [0.5, 0.6) is 0 Å². The molecule has 4 rings (SSSR count). The summed E-state index contributed by atoms with van der Waals surface area (Å²) in [6.07, 6.45) is 0. The molecule has 2 atom stereocenters. The van der Waals surface area contributed by atoms with Crippen molar-refractivity contribution in [2.24, 2.45) is 4.99 Å². The lowest BCUT2D eigenvalue weighted by Crippen LogP contribution is -2.39. The van der Waals surface area contributed by atoms with Gasteiger partial charge in [-0.3, -0.25) is 9.79 Å². The van der Waals surface area contributed by atoms with Crippen LogP contribution in [0.4, 0.5) is 11.4 Å². The summed E-state index contributed by atoms with van der Waals surface area (Å²) in [6, 6.07) is 12.5. The Balaban J connectivity index is 1.52. The van der Waals surface area contributed by atoms with Crippen molar-refractivity contribution in [3.63, 3.8) is 0 Å². The third kappa shape index (κ3) is 4.50. The number of nitrogens with one attached hydrogen (secondary N) is 1. The number of aryl methyl sites for hydroxylation is 2. The van der Waals surface area contributed by atoms with Gasteiger partial charge in [0.25, 0.3) is 0 Å². The summed E-state index contributed by atoms with van der Waals surface area (Å²) in [5.41, 5.74) is 3.83. The van der Waals surface area contributed by atoms with Crippen molar-refractivity contribution in [3.8, 4) is 0 Å². The Bertz CT molecular complexity index is 1130. The van der Waals surface area contributed by atoms with Gasteiger partial charge < -0.3 is 10.2 Å². The van der Waals surface area contributed by atoms with Crippen molar-refractivity contribution in [2.75, 3.05) is 27.5 Å². The van der Waals surface area contributed by atoms with Gasteiger partial charge in [0, 0.05) is 16.4 Å². The molecule has 6 nitrogen and oxygen atoms in total. The maximum absolute atomic E-state index is 12.4. The summed E-state index contributed by atoms with van der Waals surface area (Å²) in [6.45, 7) is 4.07. The van der Waals surface area contributed by atoms with Gasteiger partial charge in [0.1, 0.15) is 0 Å². The number of halogens is 1. The largest absolute Gasteiger partial charge is 0.325 e. The average Bonchev–Trinajstić information content (AvgIpc) is 3.13. The molecule has 1 fully saturated rings. The minimum atomic E-state index is -3.11. The van der Waals surface area contributed by atoms with E-state index in [1.807, 2.05) is 36.9 Å². The zero-order valence-electron chi connectivity index (χ0n) is 16.6. The molecule has 0 unspecified atom stereocenters. The molecule has 2 aromatic rings. The predicted octanol–water partition coefficient (Wildman–Crippen LogP) is 3.67. The van der Waals surface area contributed by atoms with Crippen LogP contribution in [-0.4, -0.2) is 48.8 Å². The first-order chi connectivity index (χ1) is 14.2. The van der Waals surface area contributed by atoms with Crippen molar-refractivity contribution in [1.29, 1.82) is 0 Å². The van der Waals surface area contributed by atoms with Gasteiger partial charge in [0.2, 0.25) is 5.91 Å². The fourth-order valence-electron chi connectivity index (χ4n) is 3.70. The standard InChI is InChI=1S/C21H22ClN3O3S2/c1-13-6-7-17(8-14(13)2)25-19-12-30(27,28)11-18(19)24-21(25)29-10-20(26)23-16-5-3-4-15(22)9-16/h3-9,18-19H,10-12H2,1-2H3,(H,23,26)/t18-,19-/m0/s1. The third-order valence-corrected chi connectivity index (χ3v) is 8.22. The Morgan fingerprint density at radius 3 is 2.73 bits per heavy atom. The van der Waals surface area contributed by atoms with Crippen molar-refractivity contribution in [2.45, 2.75) is 25.9 Å². The van der Waals surface area contributed by atoms with Gasteiger partial charge in [-0.1, -0.05) is 35.5 Å². The average molecular weight is 464 g/mol. The zero-order valence-corrected chi connectivity index (χ0v) is 19.0. The SMILES string of the molecule is Cc1ccc(N2C(SCC(=O)Nc3cccc(Cl)c3)=N[C@H]3CS(=O)(=O)C[C@@H]32)cc1C. The second-order valence-corrected chi connectivity index (χ2v) is 11.1. The van der Waals surface area contributed by atoms with Crippen LogP contribution in [0.25, 0.3) is 0 Å². The minimum Gasteiger partial charge on any atom is -0.325 e. The molecule has 158 valence electrons. The number of carbonyl (C=O) groups excluding carboxylic acids is 1. The van der Waals surface area contributed by atoms with Gasteiger partial charge in [0.15, 0.2) is 15.0 Å². The van der Waals surface area contributed by atoms with E-state index < -0.39 is 9.84 Å². The molecular formula is C21H22ClN3O3S2. The van der Waals surface area contributed by atoms with Gasteiger partial charge >= 0.3 is 0 Å². The first-order valence-corrected chi connectivity index (χ1v) is 12.7. The van der Waals surface area contributed by atoms with E-state index in [0.29, 0.717) is 15.9 Å². The molecule has 30 heavy (non-hydrogen) atoms. The second kappa shape index (κ2) is 8.24. The number of thioether (sulfide) groups is 1. The molecule has 1 amide bonds. The van der Waals surface area contributed by atoms with Crippen LogP contribution < -0.4 is 10.2 Å². The molecule has 1 saturated heterocycles. The number of aliphatic imine (C=N–C) groups is 1. The number of hydrogen-bond donors (Lipinski definition) is 1. The molecule has 9 heteroatoms. The van der Waals surface area contributed by atoms with Gasteiger partial charge in [-0.05, 0) is 55.3 Å². The molecule has 0 aliphatic carbocycles. The first-order valence-electron chi connectivity index (χ1n) is 9.55. The van der Waals surface area contributed by atoms with Crippen LogP contribution in [0.3, 0.4) is 0 Å². The summed E-state index contributed by atoms with van der Waals surface area (Å²) in [4.78, 5) is 19.1.